The van der Waals surface area contributed by atoms with Gasteiger partial charge in [-0.25, -0.2) is 13.2 Å². The van der Waals surface area contributed by atoms with Crippen LogP contribution in [0, 0.1) is 0 Å². The Morgan fingerprint density at radius 2 is 1.38 bits per heavy atom. The van der Waals surface area contributed by atoms with Crippen molar-refractivity contribution in [2.75, 3.05) is 5.32 Å². The number of hydrogen-bond acceptors (Lipinski definition) is 4. The van der Waals surface area contributed by atoms with E-state index < -0.39 is 22.0 Å². The number of anilines is 1. The lowest BCUT2D eigenvalue weighted by atomic mass is 9.99. The van der Waals surface area contributed by atoms with Gasteiger partial charge in [-0.3, -0.25) is 4.79 Å². The van der Waals surface area contributed by atoms with Crippen LogP contribution in [-0.4, -0.2) is 31.6 Å². The Kier molecular flexibility index (Phi) is 9.44. The fourth-order valence-electron chi connectivity index (χ4n) is 4.01. The standard InChI is InChI=1S/C29H25Cl2N3O5S/c30-24-13-6-14-25(31)27(24)40(38,39)34-26(28(35)36)16-20-9-4-10-21(15-20)22-11-5-12-23(17-22)33-29(37)32-18-19-7-2-1-3-8-19/h1-15,17,26,34H,16,18H2,(H,35,36)(H2,32,33,37)/t26-/m0/s1. The normalized spacial score (nSPS) is 11.9. The smallest absolute Gasteiger partial charge is 0.322 e. The summed E-state index contributed by atoms with van der Waals surface area (Å²) >= 11 is 12.1. The molecule has 0 saturated heterocycles. The molecule has 0 aromatic heterocycles. The predicted molar refractivity (Wildman–Crippen MR) is 156 cm³/mol. The van der Waals surface area contributed by atoms with Crippen LogP contribution in [0.15, 0.2) is 102 Å². The van der Waals surface area contributed by atoms with E-state index in [2.05, 4.69) is 15.4 Å². The zero-order valence-corrected chi connectivity index (χ0v) is 23.3. The van der Waals surface area contributed by atoms with Crippen LogP contribution in [0.1, 0.15) is 11.1 Å². The van der Waals surface area contributed by atoms with E-state index in [0.29, 0.717) is 17.8 Å². The Morgan fingerprint density at radius 1 is 0.775 bits per heavy atom. The number of carbonyl (C=O) groups excluding carboxylic acids is 1. The number of hydrogen-bond donors (Lipinski definition) is 4. The van der Waals surface area contributed by atoms with E-state index in [1.54, 1.807) is 36.4 Å². The van der Waals surface area contributed by atoms with Crippen molar-refractivity contribution in [2.24, 2.45) is 0 Å². The zero-order valence-electron chi connectivity index (χ0n) is 21.0. The van der Waals surface area contributed by atoms with Crippen molar-refractivity contribution >= 4 is 50.9 Å². The minimum Gasteiger partial charge on any atom is -0.480 e. The third-order valence-electron chi connectivity index (χ3n) is 5.90. The highest BCUT2D eigenvalue weighted by molar-refractivity contribution is 7.89. The summed E-state index contributed by atoms with van der Waals surface area (Å²) < 4.78 is 28.1. The van der Waals surface area contributed by atoms with Crippen molar-refractivity contribution in [1.82, 2.24) is 10.0 Å². The van der Waals surface area contributed by atoms with Crippen LogP contribution in [0.4, 0.5) is 10.5 Å². The second-order valence-electron chi connectivity index (χ2n) is 8.84. The van der Waals surface area contributed by atoms with Crippen molar-refractivity contribution in [1.29, 1.82) is 0 Å². The van der Waals surface area contributed by atoms with Gasteiger partial charge in [-0.2, -0.15) is 4.72 Å². The number of benzene rings is 4. The highest BCUT2D eigenvalue weighted by Crippen LogP contribution is 2.29. The molecule has 40 heavy (non-hydrogen) atoms. The van der Waals surface area contributed by atoms with Crippen molar-refractivity contribution in [3.05, 3.63) is 118 Å². The van der Waals surface area contributed by atoms with Crippen LogP contribution >= 0.6 is 23.2 Å². The summed E-state index contributed by atoms with van der Waals surface area (Å²) in [4.78, 5) is 24.0. The molecule has 4 N–H and O–H groups in total. The van der Waals surface area contributed by atoms with Gasteiger partial charge in [0.1, 0.15) is 10.9 Å². The number of aliphatic carboxylic acids is 1. The molecule has 0 heterocycles. The number of carbonyl (C=O) groups is 2. The fraction of sp³-hybridized carbons (Fsp3) is 0.103. The summed E-state index contributed by atoms with van der Waals surface area (Å²) in [6.45, 7) is 0.381. The first kappa shape index (κ1) is 29.1. The summed E-state index contributed by atoms with van der Waals surface area (Å²) in [5.74, 6) is -1.36. The predicted octanol–water partition coefficient (Wildman–Crippen LogP) is 5.96. The van der Waals surface area contributed by atoms with E-state index in [-0.39, 0.29) is 27.4 Å². The zero-order chi connectivity index (χ0) is 28.7. The molecule has 0 spiro atoms. The molecule has 11 heteroatoms. The Labute approximate surface area is 242 Å². The van der Waals surface area contributed by atoms with E-state index in [9.17, 15) is 23.1 Å². The van der Waals surface area contributed by atoms with E-state index in [0.717, 1.165) is 16.7 Å². The van der Waals surface area contributed by atoms with Gasteiger partial charge in [0.2, 0.25) is 10.0 Å². The molecule has 0 fully saturated rings. The van der Waals surface area contributed by atoms with Gasteiger partial charge >= 0.3 is 12.0 Å². The van der Waals surface area contributed by atoms with Crippen molar-refractivity contribution in [2.45, 2.75) is 23.9 Å². The van der Waals surface area contributed by atoms with Gasteiger partial charge in [0, 0.05) is 12.2 Å². The Balaban J connectivity index is 1.47. The number of amides is 2. The van der Waals surface area contributed by atoms with Crippen LogP contribution in [0.25, 0.3) is 11.1 Å². The Morgan fingerprint density at radius 3 is 2.05 bits per heavy atom. The van der Waals surface area contributed by atoms with Crippen molar-refractivity contribution in [3.63, 3.8) is 0 Å². The summed E-state index contributed by atoms with van der Waals surface area (Å²) in [7, 11) is -4.33. The lowest BCUT2D eigenvalue weighted by Crippen LogP contribution is -2.42. The summed E-state index contributed by atoms with van der Waals surface area (Å²) in [5, 5.41) is 15.1. The molecule has 0 aliphatic carbocycles. The molecular formula is C29H25Cl2N3O5S. The van der Waals surface area contributed by atoms with E-state index in [1.165, 1.54) is 18.2 Å². The quantitative estimate of drug-likeness (QED) is 0.180. The molecule has 0 bridgehead atoms. The number of halogens is 2. The second kappa shape index (κ2) is 13.0. The molecule has 0 aliphatic rings. The second-order valence-corrected chi connectivity index (χ2v) is 11.3. The molecule has 0 saturated carbocycles. The van der Waals surface area contributed by atoms with Gasteiger partial charge in [0.25, 0.3) is 0 Å². The number of carboxylic acids is 1. The molecular weight excluding hydrogens is 573 g/mol. The summed E-state index contributed by atoms with van der Waals surface area (Å²) in [6.07, 6.45) is -0.135. The van der Waals surface area contributed by atoms with Crippen LogP contribution in [0.5, 0.6) is 0 Å². The topological polar surface area (TPSA) is 125 Å². The molecule has 206 valence electrons. The number of sulfonamides is 1. The molecule has 0 aliphatic heterocycles. The minimum absolute atomic E-state index is 0.117. The maximum absolute atomic E-state index is 12.9. The Hall–Kier alpha value is -3.89. The van der Waals surface area contributed by atoms with Gasteiger partial charge in [-0.05, 0) is 52.9 Å². The molecule has 4 aromatic carbocycles. The molecule has 0 unspecified atom stereocenters. The van der Waals surface area contributed by atoms with Crippen LogP contribution in [0.2, 0.25) is 10.0 Å². The van der Waals surface area contributed by atoms with Gasteiger partial charge < -0.3 is 15.7 Å². The summed E-state index contributed by atoms with van der Waals surface area (Å²) in [5.41, 5.74) is 3.66. The van der Waals surface area contributed by atoms with Crippen LogP contribution in [-0.2, 0) is 27.8 Å². The number of rotatable bonds is 10. The maximum atomic E-state index is 12.9. The van der Waals surface area contributed by atoms with Gasteiger partial charge in [-0.15, -0.1) is 0 Å². The average molecular weight is 599 g/mol. The lowest BCUT2D eigenvalue weighted by Gasteiger charge is -2.17. The van der Waals surface area contributed by atoms with Gasteiger partial charge in [0.15, 0.2) is 0 Å². The van der Waals surface area contributed by atoms with E-state index in [4.69, 9.17) is 23.2 Å². The highest BCUT2D eigenvalue weighted by Gasteiger charge is 2.29. The Bertz CT molecular complexity index is 1610. The number of urea groups is 1. The van der Waals surface area contributed by atoms with Crippen molar-refractivity contribution < 1.29 is 23.1 Å². The van der Waals surface area contributed by atoms with Gasteiger partial charge in [-0.1, -0.05) is 96.0 Å². The third-order valence-corrected chi connectivity index (χ3v) is 8.33. The number of carboxylic acid groups (broad SMARTS) is 1. The molecule has 2 amide bonds. The fourth-order valence-corrected chi connectivity index (χ4v) is 6.34. The van der Waals surface area contributed by atoms with E-state index in [1.807, 2.05) is 42.5 Å². The number of nitrogens with one attached hydrogen (secondary N) is 3. The van der Waals surface area contributed by atoms with E-state index >= 15 is 0 Å². The minimum atomic E-state index is -4.33. The first-order valence-corrected chi connectivity index (χ1v) is 14.3. The molecule has 0 radical (unpaired) electrons. The van der Waals surface area contributed by atoms with Crippen LogP contribution < -0.4 is 15.4 Å². The molecule has 4 rings (SSSR count). The molecule has 1 atom stereocenters. The summed E-state index contributed by atoms with van der Waals surface area (Å²) in [6, 6.07) is 26.1. The maximum Gasteiger partial charge on any atom is 0.322 e. The SMILES string of the molecule is O=C(NCc1ccccc1)Nc1cccc(-c2cccc(C[C@H](NS(=O)(=O)c3c(Cl)cccc3Cl)C(=O)O)c2)c1. The largest absolute Gasteiger partial charge is 0.480 e. The highest BCUT2D eigenvalue weighted by atomic mass is 35.5. The first-order valence-electron chi connectivity index (χ1n) is 12.1. The third kappa shape index (κ3) is 7.61. The van der Waals surface area contributed by atoms with Crippen LogP contribution in [0.3, 0.4) is 0 Å². The van der Waals surface area contributed by atoms with Crippen molar-refractivity contribution in [3.8, 4) is 11.1 Å². The average Bonchev–Trinajstić information content (AvgIpc) is 2.92. The molecule has 4 aromatic rings. The lowest BCUT2D eigenvalue weighted by molar-refractivity contribution is -0.138. The monoisotopic (exact) mass is 597 g/mol. The van der Waals surface area contributed by atoms with Gasteiger partial charge in [0.05, 0.1) is 10.0 Å². The molecule has 8 nitrogen and oxygen atoms in total. The first-order chi connectivity index (χ1) is 19.1.